The van der Waals surface area contributed by atoms with Crippen molar-refractivity contribution in [3.05, 3.63) is 90.0 Å². The maximum absolute atomic E-state index is 13.5. The van der Waals surface area contributed by atoms with Crippen molar-refractivity contribution in [2.45, 2.75) is 32.4 Å². The normalized spacial score (nSPS) is 15.4. The summed E-state index contributed by atoms with van der Waals surface area (Å²) in [4.78, 5) is 29.3. The molecule has 2 amide bonds. The highest BCUT2D eigenvalue weighted by Gasteiger charge is 2.44. The molecule has 0 aromatic heterocycles. The van der Waals surface area contributed by atoms with Crippen molar-refractivity contribution in [2.75, 3.05) is 16.8 Å². The van der Waals surface area contributed by atoms with E-state index in [-0.39, 0.29) is 29.8 Å². The van der Waals surface area contributed by atoms with Crippen molar-refractivity contribution in [1.82, 2.24) is 4.90 Å². The summed E-state index contributed by atoms with van der Waals surface area (Å²) in [5.41, 5.74) is 1.69. The van der Waals surface area contributed by atoms with Crippen molar-refractivity contribution >= 4 is 40.5 Å². The number of hydrogen-bond donors (Lipinski definition) is 1. The molecule has 36 heavy (non-hydrogen) atoms. The molecular weight excluding hydrogens is 484 g/mol. The Morgan fingerprint density at radius 3 is 2.19 bits per heavy atom. The van der Waals surface area contributed by atoms with E-state index in [0.29, 0.717) is 23.7 Å². The zero-order valence-electron chi connectivity index (χ0n) is 19.6. The molecular formula is C27H25F2N3O3S. The molecule has 0 saturated carbocycles. The fourth-order valence-corrected chi connectivity index (χ4v) is 4.26. The van der Waals surface area contributed by atoms with Gasteiger partial charge in [-0.15, -0.1) is 0 Å². The highest BCUT2D eigenvalue weighted by atomic mass is 32.1. The Morgan fingerprint density at radius 1 is 0.972 bits per heavy atom. The second-order valence-corrected chi connectivity index (χ2v) is 8.69. The predicted molar refractivity (Wildman–Crippen MR) is 138 cm³/mol. The summed E-state index contributed by atoms with van der Waals surface area (Å²) < 4.78 is 32.4. The number of benzene rings is 3. The average molecular weight is 510 g/mol. The second kappa shape index (κ2) is 11.3. The number of anilines is 2. The van der Waals surface area contributed by atoms with Crippen LogP contribution in [0.5, 0.6) is 5.75 Å². The number of nitrogens with zero attached hydrogens (tertiary/aromatic N) is 2. The first-order valence-corrected chi connectivity index (χ1v) is 11.9. The van der Waals surface area contributed by atoms with E-state index in [9.17, 15) is 18.4 Å². The molecule has 9 heteroatoms. The lowest BCUT2D eigenvalue weighted by atomic mass is 10.1. The molecule has 0 spiro atoms. The fraction of sp³-hybridized carbons (Fsp3) is 0.222. The summed E-state index contributed by atoms with van der Waals surface area (Å²) >= 11 is 5.61. The van der Waals surface area contributed by atoms with Gasteiger partial charge >= 0.3 is 0 Å². The Bertz CT molecular complexity index is 1230. The van der Waals surface area contributed by atoms with Crippen LogP contribution >= 0.6 is 12.2 Å². The van der Waals surface area contributed by atoms with Crippen LogP contribution in [0.25, 0.3) is 0 Å². The van der Waals surface area contributed by atoms with Gasteiger partial charge in [0.2, 0.25) is 5.91 Å². The number of rotatable bonds is 9. The smallest absolute Gasteiger partial charge is 0.256 e. The molecule has 1 saturated heterocycles. The van der Waals surface area contributed by atoms with Crippen LogP contribution in [0.3, 0.4) is 0 Å². The Hall–Kier alpha value is -3.85. The van der Waals surface area contributed by atoms with Gasteiger partial charge < -0.3 is 15.0 Å². The van der Waals surface area contributed by atoms with Crippen molar-refractivity contribution in [3.8, 4) is 5.75 Å². The summed E-state index contributed by atoms with van der Waals surface area (Å²) in [7, 11) is 0. The monoisotopic (exact) mass is 509 g/mol. The predicted octanol–water partition coefficient (Wildman–Crippen LogP) is 5.28. The molecule has 4 rings (SSSR count). The van der Waals surface area contributed by atoms with Crippen LogP contribution in [-0.2, 0) is 16.1 Å². The largest absolute Gasteiger partial charge is 0.494 e. The lowest BCUT2D eigenvalue weighted by Crippen LogP contribution is -2.37. The fourth-order valence-electron chi connectivity index (χ4n) is 3.87. The van der Waals surface area contributed by atoms with Crippen molar-refractivity contribution in [2.24, 2.45) is 0 Å². The van der Waals surface area contributed by atoms with Crippen LogP contribution < -0.4 is 15.0 Å². The number of halogens is 2. The Balaban J connectivity index is 1.53. The van der Waals surface area contributed by atoms with Crippen LogP contribution in [0.1, 0.15) is 25.3 Å². The van der Waals surface area contributed by atoms with Crippen molar-refractivity contribution < 1.29 is 23.1 Å². The molecule has 1 atom stereocenters. The highest BCUT2D eigenvalue weighted by Crippen LogP contribution is 2.29. The number of carbonyl (C=O) groups is 2. The Kier molecular flexibility index (Phi) is 7.90. The summed E-state index contributed by atoms with van der Waals surface area (Å²) in [5.74, 6) is -0.891. The molecule has 1 heterocycles. The molecule has 0 unspecified atom stereocenters. The molecule has 1 N–H and O–H groups in total. The summed E-state index contributed by atoms with van der Waals surface area (Å²) in [6, 6.07) is 17.3. The first kappa shape index (κ1) is 25.2. The quantitative estimate of drug-likeness (QED) is 0.398. The van der Waals surface area contributed by atoms with Crippen LogP contribution in [0.4, 0.5) is 20.2 Å². The molecule has 0 aliphatic carbocycles. The van der Waals surface area contributed by atoms with Crippen LogP contribution in [0, 0.1) is 11.6 Å². The molecule has 186 valence electrons. The van der Waals surface area contributed by atoms with Gasteiger partial charge in [0, 0.05) is 12.2 Å². The lowest BCUT2D eigenvalue weighted by Gasteiger charge is -2.24. The third-order valence-electron chi connectivity index (χ3n) is 5.66. The summed E-state index contributed by atoms with van der Waals surface area (Å²) in [6.45, 7) is 2.81. The Morgan fingerprint density at radius 2 is 1.58 bits per heavy atom. The van der Waals surface area contributed by atoms with E-state index in [0.717, 1.165) is 12.0 Å². The maximum Gasteiger partial charge on any atom is 0.256 e. The van der Waals surface area contributed by atoms with Crippen LogP contribution in [0.2, 0.25) is 0 Å². The third kappa shape index (κ3) is 5.85. The maximum atomic E-state index is 13.5. The van der Waals surface area contributed by atoms with E-state index < -0.39 is 17.8 Å². The van der Waals surface area contributed by atoms with Crippen molar-refractivity contribution in [3.63, 3.8) is 0 Å². The molecule has 1 aliphatic rings. The van der Waals surface area contributed by atoms with Gasteiger partial charge in [0.1, 0.15) is 23.4 Å². The van der Waals surface area contributed by atoms with Crippen LogP contribution in [-0.4, -0.2) is 34.5 Å². The van der Waals surface area contributed by atoms with E-state index in [1.807, 2.05) is 6.92 Å². The number of ether oxygens (including phenoxy) is 1. The van der Waals surface area contributed by atoms with Gasteiger partial charge in [-0.25, -0.2) is 8.78 Å². The first-order chi connectivity index (χ1) is 17.4. The molecule has 0 radical (unpaired) electrons. The van der Waals surface area contributed by atoms with Gasteiger partial charge in [-0.2, -0.15) is 0 Å². The van der Waals surface area contributed by atoms with Gasteiger partial charge in [-0.05, 0) is 84.9 Å². The standard InChI is InChI=1S/C27H25F2N3O3S/c1-2-15-35-23-13-9-21(10-14-23)30-25(33)16-24-26(34)32(22-11-7-20(29)8-12-22)27(36)31(24)17-18-3-5-19(28)6-4-18/h3-14,24H,2,15-17H2,1H3,(H,30,33)/t24-/m1/s1. The summed E-state index contributed by atoms with van der Waals surface area (Å²) in [5, 5.41) is 2.99. The molecule has 1 aliphatic heterocycles. The topological polar surface area (TPSA) is 61.9 Å². The zero-order valence-corrected chi connectivity index (χ0v) is 20.4. The molecule has 0 bridgehead atoms. The van der Waals surface area contributed by atoms with Gasteiger partial charge in [-0.1, -0.05) is 19.1 Å². The minimum atomic E-state index is -0.889. The van der Waals surface area contributed by atoms with Gasteiger partial charge in [-0.3, -0.25) is 14.5 Å². The zero-order chi connectivity index (χ0) is 25.7. The van der Waals surface area contributed by atoms with E-state index in [4.69, 9.17) is 17.0 Å². The minimum absolute atomic E-state index is 0.161. The van der Waals surface area contributed by atoms with Gasteiger partial charge in [0.05, 0.1) is 18.7 Å². The Labute approximate surface area is 213 Å². The number of carbonyl (C=O) groups excluding carboxylic acids is 2. The van der Waals surface area contributed by atoms with Crippen LogP contribution in [0.15, 0.2) is 72.8 Å². The van der Waals surface area contributed by atoms with E-state index >= 15 is 0 Å². The number of hydrogen-bond acceptors (Lipinski definition) is 4. The number of thiocarbonyl (C=S) groups is 1. The molecule has 1 fully saturated rings. The number of amides is 2. The van der Waals surface area contributed by atoms with E-state index in [2.05, 4.69) is 5.32 Å². The van der Waals surface area contributed by atoms with Gasteiger partial charge in [0.25, 0.3) is 5.91 Å². The number of nitrogens with one attached hydrogen (secondary N) is 1. The van der Waals surface area contributed by atoms with E-state index in [1.54, 1.807) is 41.3 Å². The van der Waals surface area contributed by atoms with Crippen molar-refractivity contribution in [1.29, 1.82) is 0 Å². The minimum Gasteiger partial charge on any atom is -0.494 e. The molecule has 6 nitrogen and oxygen atoms in total. The van der Waals surface area contributed by atoms with E-state index in [1.165, 1.54) is 41.3 Å². The lowest BCUT2D eigenvalue weighted by molar-refractivity contribution is -0.124. The average Bonchev–Trinajstić information content (AvgIpc) is 3.09. The van der Waals surface area contributed by atoms with Gasteiger partial charge in [0.15, 0.2) is 5.11 Å². The highest BCUT2D eigenvalue weighted by molar-refractivity contribution is 7.80. The first-order valence-electron chi connectivity index (χ1n) is 11.5. The molecule has 3 aromatic rings. The third-order valence-corrected chi connectivity index (χ3v) is 6.08. The second-order valence-electron chi connectivity index (χ2n) is 8.33. The summed E-state index contributed by atoms with van der Waals surface area (Å²) in [6.07, 6.45) is 0.727. The SMILES string of the molecule is CCCOc1ccc(NC(=O)C[C@@H]2C(=O)N(c3ccc(F)cc3)C(=S)N2Cc2ccc(F)cc2)cc1. The molecule has 3 aromatic carbocycles.